The molecule has 40 heavy (non-hydrogen) atoms. The van der Waals surface area contributed by atoms with Gasteiger partial charge in [-0.1, -0.05) is 6.07 Å². The normalized spacial score (nSPS) is 13.2. The Kier molecular flexibility index (Phi) is 8.29. The fraction of sp³-hybridized carbons (Fsp3) is 0.111. The molecule has 18 nitrogen and oxygen atoms in total. The van der Waals surface area contributed by atoms with Gasteiger partial charge in [0, 0.05) is 11.5 Å². The lowest BCUT2D eigenvalue weighted by Crippen LogP contribution is -2.15. The van der Waals surface area contributed by atoms with Crippen molar-refractivity contribution in [1.29, 1.82) is 0 Å². The van der Waals surface area contributed by atoms with Gasteiger partial charge in [-0.05, 0) is 35.7 Å². The van der Waals surface area contributed by atoms with E-state index in [1.54, 1.807) is 0 Å². The fourth-order valence-corrected chi connectivity index (χ4v) is 5.82. The van der Waals surface area contributed by atoms with Crippen molar-refractivity contribution >= 4 is 68.3 Å². The molecule has 3 aromatic rings. The van der Waals surface area contributed by atoms with Crippen molar-refractivity contribution < 1.29 is 61.5 Å². The Bertz CT molecular complexity index is 2000. The SMILES string of the molecule is O=[N+]([O-])c1cc(S(=O)(=O)CCOS(=O)(=O)O)ccc1N=Nc1c(O)c(S(=O)(=O)O)cc2cc(S(=O)(=O)O)ccc12. The average molecular weight is 642 g/mol. The van der Waals surface area contributed by atoms with Crippen LogP contribution in [-0.4, -0.2) is 69.7 Å². The van der Waals surface area contributed by atoms with Crippen LogP contribution in [-0.2, 0) is 44.7 Å². The van der Waals surface area contributed by atoms with E-state index in [1.165, 1.54) is 0 Å². The molecule has 0 aliphatic carbocycles. The summed E-state index contributed by atoms with van der Waals surface area (Å²) < 4.78 is 124. The Hall–Kier alpha value is -3.64. The van der Waals surface area contributed by atoms with E-state index in [4.69, 9.17) is 4.55 Å². The summed E-state index contributed by atoms with van der Waals surface area (Å²) in [7, 11) is -19.2. The van der Waals surface area contributed by atoms with Gasteiger partial charge in [-0.15, -0.1) is 10.2 Å². The molecule has 0 aliphatic heterocycles. The van der Waals surface area contributed by atoms with Crippen LogP contribution in [0, 0.1) is 10.1 Å². The van der Waals surface area contributed by atoms with Crippen molar-refractivity contribution in [2.45, 2.75) is 14.7 Å². The van der Waals surface area contributed by atoms with Gasteiger partial charge < -0.3 is 5.11 Å². The van der Waals surface area contributed by atoms with Gasteiger partial charge in [0.15, 0.2) is 21.3 Å². The highest BCUT2D eigenvalue weighted by Crippen LogP contribution is 2.42. The summed E-state index contributed by atoms with van der Waals surface area (Å²) in [5.74, 6) is -2.18. The zero-order valence-electron chi connectivity index (χ0n) is 19.2. The van der Waals surface area contributed by atoms with Gasteiger partial charge in [-0.2, -0.15) is 25.3 Å². The van der Waals surface area contributed by atoms with Crippen LogP contribution in [0.15, 0.2) is 67.4 Å². The van der Waals surface area contributed by atoms with Gasteiger partial charge in [-0.3, -0.25) is 23.8 Å². The summed E-state index contributed by atoms with van der Waals surface area (Å²) in [5, 5.41) is 28.7. The lowest BCUT2D eigenvalue weighted by atomic mass is 10.1. The molecule has 3 aromatic carbocycles. The van der Waals surface area contributed by atoms with Crippen LogP contribution >= 0.6 is 0 Å². The standard InChI is InChI=1S/C18H15N3O15S4/c22-18-16(39(30,31)32)8-10-7-12(38(27,28)29)1-3-13(10)17(18)20-19-14-4-2-11(9-15(14)21(23)24)37(25,26)6-5-36-40(33,34)35/h1-4,7-9,22H,5-6H2,(H,27,28,29)(H,30,31,32)(H,33,34,35). The van der Waals surface area contributed by atoms with Gasteiger partial charge >= 0.3 is 10.4 Å². The molecule has 0 saturated carbocycles. The third kappa shape index (κ3) is 7.11. The fourth-order valence-electron chi connectivity index (χ4n) is 3.19. The second kappa shape index (κ2) is 10.7. The van der Waals surface area contributed by atoms with E-state index in [1.807, 2.05) is 0 Å². The molecule has 0 aromatic heterocycles. The van der Waals surface area contributed by atoms with E-state index in [-0.39, 0.29) is 10.8 Å². The predicted octanol–water partition coefficient (Wildman–Crippen LogP) is 1.96. The molecule has 0 unspecified atom stereocenters. The second-order valence-corrected chi connectivity index (χ2v) is 13.6. The first-order valence-electron chi connectivity index (χ1n) is 10.0. The highest BCUT2D eigenvalue weighted by atomic mass is 32.3. The van der Waals surface area contributed by atoms with Gasteiger partial charge in [0.2, 0.25) is 0 Å². The van der Waals surface area contributed by atoms with Crippen LogP contribution in [0.2, 0.25) is 0 Å². The van der Waals surface area contributed by atoms with Gasteiger partial charge in [0.05, 0.1) is 27.1 Å². The minimum atomic E-state index is -5.14. The molecule has 0 fully saturated rings. The number of nitro groups is 1. The molecular weight excluding hydrogens is 626 g/mol. The number of benzene rings is 3. The molecule has 22 heteroatoms. The van der Waals surface area contributed by atoms with Crippen molar-refractivity contribution in [3.8, 4) is 5.75 Å². The molecule has 216 valence electrons. The Balaban J connectivity index is 2.15. The molecule has 4 N–H and O–H groups in total. The van der Waals surface area contributed by atoms with Crippen molar-refractivity contribution in [1.82, 2.24) is 0 Å². The first-order chi connectivity index (χ1) is 18.2. The monoisotopic (exact) mass is 641 g/mol. The third-order valence-corrected chi connectivity index (χ3v) is 8.80. The number of azo groups is 1. The third-order valence-electron chi connectivity index (χ3n) is 4.94. The molecule has 0 bridgehead atoms. The summed E-state index contributed by atoms with van der Waals surface area (Å²) >= 11 is 0. The summed E-state index contributed by atoms with van der Waals surface area (Å²) in [6.45, 7) is -1.01. The number of rotatable bonds is 10. The summed E-state index contributed by atoms with van der Waals surface area (Å²) in [6, 6.07) is 5.47. The van der Waals surface area contributed by atoms with Gasteiger partial charge in [-0.25, -0.2) is 12.6 Å². The number of phenolic OH excluding ortho intramolecular Hbond substituents is 1. The Morgan fingerprint density at radius 3 is 2.00 bits per heavy atom. The smallest absolute Gasteiger partial charge is 0.397 e. The van der Waals surface area contributed by atoms with Crippen molar-refractivity contribution in [3.63, 3.8) is 0 Å². The Labute approximate surface area is 225 Å². The predicted molar refractivity (Wildman–Crippen MR) is 132 cm³/mol. The minimum Gasteiger partial charge on any atom is -0.504 e. The van der Waals surface area contributed by atoms with E-state index >= 15 is 0 Å². The van der Waals surface area contributed by atoms with Crippen LogP contribution in [0.1, 0.15) is 0 Å². The van der Waals surface area contributed by atoms with Gasteiger partial charge in [0.25, 0.3) is 25.9 Å². The lowest BCUT2D eigenvalue weighted by molar-refractivity contribution is -0.384. The number of phenols is 1. The summed E-state index contributed by atoms with van der Waals surface area (Å²) in [5.41, 5.74) is -2.28. The number of sulfone groups is 1. The maximum atomic E-state index is 12.4. The van der Waals surface area contributed by atoms with Crippen molar-refractivity contribution in [3.05, 3.63) is 52.6 Å². The molecule has 0 spiro atoms. The quantitative estimate of drug-likeness (QED) is 0.106. The van der Waals surface area contributed by atoms with Gasteiger partial charge in [0.1, 0.15) is 10.6 Å². The van der Waals surface area contributed by atoms with E-state index < -0.39 is 95.3 Å². The van der Waals surface area contributed by atoms with E-state index in [2.05, 4.69) is 14.4 Å². The Morgan fingerprint density at radius 1 is 0.825 bits per heavy atom. The maximum absolute atomic E-state index is 12.4. The van der Waals surface area contributed by atoms with E-state index in [0.29, 0.717) is 12.1 Å². The van der Waals surface area contributed by atoms with E-state index in [9.17, 15) is 58.0 Å². The highest BCUT2D eigenvalue weighted by molar-refractivity contribution is 7.91. The number of fused-ring (bicyclic) bond motifs is 1. The van der Waals surface area contributed by atoms with Crippen LogP contribution < -0.4 is 0 Å². The number of hydrogen-bond donors (Lipinski definition) is 4. The summed E-state index contributed by atoms with van der Waals surface area (Å²) in [6.07, 6.45) is 0. The van der Waals surface area contributed by atoms with Crippen molar-refractivity contribution in [2.24, 2.45) is 10.2 Å². The molecule has 0 amide bonds. The molecular formula is C18H15N3O15S4. The highest BCUT2D eigenvalue weighted by Gasteiger charge is 2.25. The van der Waals surface area contributed by atoms with Crippen molar-refractivity contribution in [2.75, 3.05) is 12.4 Å². The number of aromatic hydroxyl groups is 1. The molecule has 0 aliphatic rings. The average Bonchev–Trinajstić information content (AvgIpc) is 2.80. The van der Waals surface area contributed by atoms with Crippen LogP contribution in [0.5, 0.6) is 5.75 Å². The molecule has 3 rings (SSSR count). The first kappa shape index (κ1) is 30.9. The first-order valence-corrected chi connectivity index (χ1v) is 15.9. The van der Waals surface area contributed by atoms with E-state index in [0.717, 1.165) is 30.3 Å². The lowest BCUT2D eigenvalue weighted by Gasteiger charge is -2.09. The zero-order valence-corrected chi connectivity index (χ0v) is 22.5. The maximum Gasteiger partial charge on any atom is 0.397 e. The number of nitrogens with zero attached hydrogens (tertiary/aromatic N) is 3. The Morgan fingerprint density at radius 2 is 1.45 bits per heavy atom. The minimum absolute atomic E-state index is 0.179. The van der Waals surface area contributed by atoms with Crippen LogP contribution in [0.4, 0.5) is 17.1 Å². The van der Waals surface area contributed by atoms with Crippen LogP contribution in [0.3, 0.4) is 0 Å². The van der Waals surface area contributed by atoms with Crippen LogP contribution in [0.25, 0.3) is 10.8 Å². The number of hydrogen-bond acceptors (Lipinski definition) is 14. The molecule has 0 radical (unpaired) electrons. The largest absolute Gasteiger partial charge is 0.504 e. The number of nitro benzene ring substituents is 1. The topological polar surface area (TPSA) is 295 Å². The molecule has 0 saturated heterocycles. The summed E-state index contributed by atoms with van der Waals surface area (Å²) in [4.78, 5) is 8.01. The molecule has 0 atom stereocenters. The zero-order chi connectivity index (χ0) is 30.3. The molecule has 0 heterocycles. The second-order valence-electron chi connectivity index (χ2n) is 7.58.